The number of carbonyl (C=O) groups is 1. The van der Waals surface area contributed by atoms with Crippen molar-refractivity contribution in [3.05, 3.63) is 59.2 Å². The summed E-state index contributed by atoms with van der Waals surface area (Å²) in [6.45, 7) is 4.12. The predicted molar refractivity (Wildman–Crippen MR) is 101 cm³/mol. The number of hydrogen-bond acceptors (Lipinski definition) is 6. The van der Waals surface area contributed by atoms with Gasteiger partial charge in [0.25, 0.3) is 0 Å². The van der Waals surface area contributed by atoms with Crippen LogP contribution in [0, 0.1) is 0 Å². The standard InChI is InChI=1S/C19H22N4O2S/c1-2-25-19(24)6-9-22(13-16-4-3-8-20-12-16)15-23-10-5-18(21-23)17-7-11-26-14-17/h3-5,7-8,10-12,14H,2,6,9,13,15H2,1H3. The molecule has 3 rings (SSSR count). The number of thiophene rings is 1. The lowest BCUT2D eigenvalue weighted by Crippen LogP contribution is -2.29. The van der Waals surface area contributed by atoms with Crippen LogP contribution in [0.25, 0.3) is 11.3 Å². The number of esters is 1. The van der Waals surface area contributed by atoms with Gasteiger partial charge in [0.2, 0.25) is 0 Å². The van der Waals surface area contributed by atoms with Crippen LogP contribution in [-0.4, -0.2) is 38.8 Å². The molecular weight excluding hydrogens is 348 g/mol. The number of rotatable bonds is 9. The fraction of sp³-hybridized carbons (Fsp3) is 0.316. The molecule has 0 aliphatic carbocycles. The van der Waals surface area contributed by atoms with E-state index in [1.165, 1.54) is 0 Å². The third kappa shape index (κ3) is 5.24. The molecule has 0 aliphatic rings. The van der Waals surface area contributed by atoms with Crippen LogP contribution in [-0.2, 0) is 22.7 Å². The molecule has 136 valence electrons. The Morgan fingerprint density at radius 1 is 1.35 bits per heavy atom. The van der Waals surface area contributed by atoms with Crippen molar-refractivity contribution in [3.63, 3.8) is 0 Å². The molecule has 0 amide bonds. The molecular formula is C19H22N4O2S. The van der Waals surface area contributed by atoms with Crippen LogP contribution in [0.1, 0.15) is 18.9 Å². The lowest BCUT2D eigenvalue weighted by atomic mass is 10.2. The van der Waals surface area contributed by atoms with Crippen LogP contribution in [0.2, 0.25) is 0 Å². The zero-order valence-corrected chi connectivity index (χ0v) is 15.6. The number of aromatic nitrogens is 3. The van der Waals surface area contributed by atoms with Crippen molar-refractivity contribution in [2.24, 2.45) is 0 Å². The SMILES string of the molecule is CCOC(=O)CCN(Cc1cccnc1)Cn1ccc(-c2ccsc2)n1. The third-order valence-electron chi connectivity index (χ3n) is 3.87. The Labute approximate surface area is 157 Å². The van der Waals surface area contributed by atoms with Crippen molar-refractivity contribution >= 4 is 17.3 Å². The highest BCUT2D eigenvalue weighted by atomic mass is 32.1. The summed E-state index contributed by atoms with van der Waals surface area (Å²) in [4.78, 5) is 18.1. The molecule has 0 aliphatic heterocycles. The summed E-state index contributed by atoms with van der Waals surface area (Å²) in [5.74, 6) is -0.178. The Bertz CT molecular complexity index is 802. The summed E-state index contributed by atoms with van der Waals surface area (Å²) >= 11 is 1.66. The Hall–Kier alpha value is -2.51. The maximum absolute atomic E-state index is 11.7. The topological polar surface area (TPSA) is 60.2 Å². The zero-order chi connectivity index (χ0) is 18.2. The summed E-state index contributed by atoms with van der Waals surface area (Å²) in [5, 5.41) is 8.78. The van der Waals surface area contributed by atoms with Crippen LogP contribution in [0.3, 0.4) is 0 Å². The van der Waals surface area contributed by atoms with E-state index in [9.17, 15) is 4.79 Å². The molecule has 0 saturated carbocycles. The van der Waals surface area contributed by atoms with Gasteiger partial charge in [-0.2, -0.15) is 16.4 Å². The first-order valence-corrected chi connectivity index (χ1v) is 9.52. The fourth-order valence-corrected chi connectivity index (χ4v) is 3.29. The van der Waals surface area contributed by atoms with Gasteiger partial charge in [0.15, 0.2) is 0 Å². The zero-order valence-electron chi connectivity index (χ0n) is 14.7. The molecule has 0 unspecified atom stereocenters. The van der Waals surface area contributed by atoms with Gasteiger partial charge in [0.1, 0.15) is 0 Å². The first-order valence-electron chi connectivity index (χ1n) is 8.57. The largest absolute Gasteiger partial charge is 0.466 e. The highest BCUT2D eigenvalue weighted by Gasteiger charge is 2.12. The molecule has 0 atom stereocenters. The first-order chi connectivity index (χ1) is 12.7. The van der Waals surface area contributed by atoms with E-state index in [0.29, 0.717) is 32.8 Å². The fourth-order valence-electron chi connectivity index (χ4n) is 2.64. The quantitative estimate of drug-likeness (QED) is 0.540. The number of ether oxygens (including phenoxy) is 1. The Morgan fingerprint density at radius 2 is 2.27 bits per heavy atom. The average Bonchev–Trinajstić information content (AvgIpc) is 3.32. The molecule has 7 heteroatoms. The maximum Gasteiger partial charge on any atom is 0.307 e. The lowest BCUT2D eigenvalue weighted by molar-refractivity contribution is -0.143. The Balaban J connectivity index is 1.67. The highest BCUT2D eigenvalue weighted by molar-refractivity contribution is 7.08. The van der Waals surface area contributed by atoms with Crippen molar-refractivity contribution in [2.45, 2.75) is 26.6 Å². The van der Waals surface area contributed by atoms with Gasteiger partial charge in [0.05, 0.1) is 25.4 Å². The molecule has 26 heavy (non-hydrogen) atoms. The van der Waals surface area contributed by atoms with E-state index in [0.717, 1.165) is 16.8 Å². The number of hydrogen-bond donors (Lipinski definition) is 0. The van der Waals surface area contributed by atoms with Crippen LogP contribution in [0.4, 0.5) is 0 Å². The van der Waals surface area contributed by atoms with Crippen molar-refractivity contribution in [1.82, 2.24) is 19.7 Å². The van der Waals surface area contributed by atoms with Crippen LogP contribution in [0.5, 0.6) is 0 Å². The molecule has 3 aromatic rings. The minimum atomic E-state index is -0.178. The molecule has 0 aromatic carbocycles. The summed E-state index contributed by atoms with van der Waals surface area (Å²) in [6.07, 6.45) is 5.92. The second kappa shape index (κ2) is 9.26. The van der Waals surface area contributed by atoms with Gasteiger partial charge in [-0.05, 0) is 36.1 Å². The minimum absolute atomic E-state index is 0.178. The molecule has 3 aromatic heterocycles. The van der Waals surface area contributed by atoms with Gasteiger partial charge in [0, 0.05) is 42.6 Å². The molecule has 0 saturated heterocycles. The number of nitrogens with zero attached hydrogens (tertiary/aromatic N) is 4. The molecule has 6 nitrogen and oxygen atoms in total. The van der Waals surface area contributed by atoms with E-state index in [1.807, 2.05) is 47.6 Å². The summed E-state index contributed by atoms with van der Waals surface area (Å²) < 4.78 is 6.94. The van der Waals surface area contributed by atoms with Gasteiger partial charge < -0.3 is 4.74 Å². The highest BCUT2D eigenvalue weighted by Crippen LogP contribution is 2.20. The van der Waals surface area contributed by atoms with Gasteiger partial charge in [-0.3, -0.25) is 19.4 Å². The van der Waals surface area contributed by atoms with E-state index in [4.69, 9.17) is 4.74 Å². The second-order valence-corrected chi connectivity index (χ2v) is 6.64. The van der Waals surface area contributed by atoms with Crippen LogP contribution >= 0.6 is 11.3 Å². The molecule has 3 heterocycles. The van der Waals surface area contributed by atoms with Crippen molar-refractivity contribution in [2.75, 3.05) is 13.2 Å². The monoisotopic (exact) mass is 370 g/mol. The summed E-state index contributed by atoms with van der Waals surface area (Å²) in [5.41, 5.74) is 3.18. The summed E-state index contributed by atoms with van der Waals surface area (Å²) in [6, 6.07) is 8.02. The average molecular weight is 370 g/mol. The van der Waals surface area contributed by atoms with E-state index >= 15 is 0 Å². The molecule has 0 bridgehead atoms. The Morgan fingerprint density at radius 3 is 3.00 bits per heavy atom. The van der Waals surface area contributed by atoms with Gasteiger partial charge in [-0.1, -0.05) is 6.07 Å². The van der Waals surface area contributed by atoms with Crippen molar-refractivity contribution < 1.29 is 9.53 Å². The Kier molecular flexibility index (Phi) is 6.51. The van der Waals surface area contributed by atoms with E-state index in [2.05, 4.69) is 26.4 Å². The van der Waals surface area contributed by atoms with Gasteiger partial charge in [-0.25, -0.2) is 0 Å². The summed E-state index contributed by atoms with van der Waals surface area (Å²) in [7, 11) is 0. The first kappa shape index (κ1) is 18.3. The smallest absolute Gasteiger partial charge is 0.307 e. The van der Waals surface area contributed by atoms with Crippen LogP contribution in [0.15, 0.2) is 53.6 Å². The molecule has 0 spiro atoms. The molecule has 0 fully saturated rings. The van der Waals surface area contributed by atoms with E-state index in [-0.39, 0.29) is 5.97 Å². The van der Waals surface area contributed by atoms with E-state index < -0.39 is 0 Å². The second-order valence-electron chi connectivity index (χ2n) is 5.86. The molecule has 0 N–H and O–H groups in total. The lowest BCUT2D eigenvalue weighted by Gasteiger charge is -2.21. The van der Waals surface area contributed by atoms with Gasteiger partial charge in [-0.15, -0.1) is 0 Å². The van der Waals surface area contributed by atoms with E-state index in [1.54, 1.807) is 17.5 Å². The van der Waals surface area contributed by atoms with Crippen molar-refractivity contribution in [1.29, 1.82) is 0 Å². The van der Waals surface area contributed by atoms with Crippen molar-refractivity contribution in [3.8, 4) is 11.3 Å². The normalized spacial score (nSPS) is 11.0. The maximum atomic E-state index is 11.7. The van der Waals surface area contributed by atoms with Crippen LogP contribution < -0.4 is 0 Å². The third-order valence-corrected chi connectivity index (χ3v) is 4.55. The predicted octanol–water partition coefficient (Wildman–Crippen LogP) is 3.42. The van der Waals surface area contributed by atoms with Gasteiger partial charge >= 0.3 is 5.97 Å². The minimum Gasteiger partial charge on any atom is -0.466 e. The molecule has 0 radical (unpaired) electrons. The number of carbonyl (C=O) groups excluding carboxylic acids is 1. The number of pyridine rings is 1.